The van der Waals surface area contributed by atoms with Gasteiger partial charge in [-0.2, -0.15) is 0 Å². The van der Waals surface area contributed by atoms with Crippen molar-refractivity contribution in [2.45, 2.75) is 60.5 Å². The van der Waals surface area contributed by atoms with Gasteiger partial charge in [0.05, 0.1) is 13.1 Å². The molecule has 0 spiro atoms. The number of rotatable bonds is 7. The molecule has 0 unspecified atom stereocenters. The van der Waals surface area contributed by atoms with Gasteiger partial charge < -0.3 is 14.5 Å². The summed E-state index contributed by atoms with van der Waals surface area (Å²) in [6, 6.07) is 14.1. The largest absolute Gasteiger partial charge is 0.491 e. The Kier molecular flexibility index (Phi) is 7.94. The Morgan fingerprint density at radius 2 is 1.75 bits per heavy atom. The molecule has 3 rings (SSSR count). The molecule has 1 heterocycles. The highest BCUT2D eigenvalue weighted by atomic mass is 16.5. The van der Waals surface area contributed by atoms with Gasteiger partial charge >= 0.3 is 0 Å². The van der Waals surface area contributed by atoms with E-state index in [9.17, 15) is 9.59 Å². The standard InChI is InChI=1S/C27H36N2O3/c1-6-22(7-2)27(31)28-14-15-32-25-13-10-21(16-23(25)18-28)17-29(26(30)19(3)4)24-11-8-20(5)9-12-24/h8-13,16,19,22H,6-7,14-15,17-18H2,1-5H3. The smallest absolute Gasteiger partial charge is 0.229 e. The van der Waals surface area contributed by atoms with Crippen LogP contribution in [0.15, 0.2) is 42.5 Å². The number of hydrogen-bond donors (Lipinski definition) is 0. The number of benzene rings is 2. The number of aryl methyl sites for hydroxylation is 1. The molecule has 172 valence electrons. The lowest BCUT2D eigenvalue weighted by molar-refractivity contribution is -0.136. The van der Waals surface area contributed by atoms with Crippen LogP contribution < -0.4 is 9.64 Å². The van der Waals surface area contributed by atoms with E-state index in [1.165, 1.54) is 0 Å². The van der Waals surface area contributed by atoms with Crippen molar-refractivity contribution in [2.24, 2.45) is 11.8 Å². The summed E-state index contributed by atoms with van der Waals surface area (Å²) in [5, 5.41) is 0. The number of carbonyl (C=O) groups excluding carboxylic acids is 2. The first-order valence-corrected chi connectivity index (χ1v) is 11.7. The first-order valence-electron chi connectivity index (χ1n) is 11.7. The zero-order valence-electron chi connectivity index (χ0n) is 20.1. The van der Waals surface area contributed by atoms with Crippen molar-refractivity contribution in [3.63, 3.8) is 0 Å². The minimum Gasteiger partial charge on any atom is -0.491 e. The highest BCUT2D eigenvalue weighted by Gasteiger charge is 2.25. The molecule has 0 atom stereocenters. The Bertz CT molecular complexity index is 932. The highest BCUT2D eigenvalue weighted by molar-refractivity contribution is 5.94. The molecule has 2 aromatic carbocycles. The number of amides is 2. The molecule has 0 saturated carbocycles. The fourth-order valence-electron chi connectivity index (χ4n) is 4.15. The lowest BCUT2D eigenvalue weighted by Gasteiger charge is -2.26. The maximum Gasteiger partial charge on any atom is 0.229 e. The van der Waals surface area contributed by atoms with E-state index in [4.69, 9.17) is 4.74 Å². The molecule has 5 nitrogen and oxygen atoms in total. The molecule has 2 aromatic rings. The zero-order chi connectivity index (χ0) is 23.3. The number of nitrogens with zero attached hydrogens (tertiary/aromatic N) is 2. The molecule has 0 N–H and O–H groups in total. The van der Waals surface area contributed by atoms with Crippen LogP contribution in [-0.2, 0) is 22.7 Å². The SMILES string of the molecule is CCC(CC)C(=O)N1CCOc2ccc(CN(C(=O)C(C)C)c3ccc(C)cc3)cc2C1. The minimum absolute atomic E-state index is 0.0559. The van der Waals surface area contributed by atoms with E-state index in [2.05, 4.69) is 19.9 Å². The lowest BCUT2D eigenvalue weighted by Crippen LogP contribution is -2.37. The number of ether oxygens (including phenoxy) is 1. The quantitative estimate of drug-likeness (QED) is 0.589. The molecular formula is C27H36N2O3. The van der Waals surface area contributed by atoms with Crippen LogP contribution in [-0.4, -0.2) is 29.9 Å². The topological polar surface area (TPSA) is 49.9 Å². The highest BCUT2D eigenvalue weighted by Crippen LogP contribution is 2.28. The Morgan fingerprint density at radius 3 is 2.38 bits per heavy atom. The summed E-state index contributed by atoms with van der Waals surface area (Å²) in [5.74, 6) is 1.07. The van der Waals surface area contributed by atoms with Gasteiger partial charge in [-0.05, 0) is 49.6 Å². The van der Waals surface area contributed by atoms with E-state index < -0.39 is 0 Å². The van der Waals surface area contributed by atoms with Crippen molar-refractivity contribution in [3.05, 3.63) is 59.2 Å². The van der Waals surface area contributed by atoms with Crippen molar-refractivity contribution < 1.29 is 14.3 Å². The van der Waals surface area contributed by atoms with Gasteiger partial charge in [-0.3, -0.25) is 9.59 Å². The third-order valence-corrected chi connectivity index (χ3v) is 6.20. The molecule has 0 aromatic heterocycles. The van der Waals surface area contributed by atoms with Crippen LogP contribution in [0.2, 0.25) is 0 Å². The monoisotopic (exact) mass is 436 g/mol. The van der Waals surface area contributed by atoms with Gasteiger partial charge in [0.1, 0.15) is 12.4 Å². The molecule has 2 amide bonds. The molecule has 0 bridgehead atoms. The minimum atomic E-state index is -0.103. The van der Waals surface area contributed by atoms with Crippen LogP contribution in [0.1, 0.15) is 57.2 Å². The summed E-state index contributed by atoms with van der Waals surface area (Å²) in [4.78, 5) is 29.8. The number of carbonyl (C=O) groups is 2. The van der Waals surface area contributed by atoms with Gasteiger partial charge in [0, 0.05) is 29.6 Å². The first-order chi connectivity index (χ1) is 15.3. The Morgan fingerprint density at radius 1 is 1.06 bits per heavy atom. The fraction of sp³-hybridized carbons (Fsp3) is 0.481. The third-order valence-electron chi connectivity index (χ3n) is 6.20. The summed E-state index contributed by atoms with van der Waals surface area (Å²) in [6.07, 6.45) is 1.70. The van der Waals surface area contributed by atoms with E-state index >= 15 is 0 Å². The lowest BCUT2D eigenvalue weighted by atomic mass is 10.0. The molecule has 0 saturated heterocycles. The van der Waals surface area contributed by atoms with Gasteiger partial charge in [-0.15, -0.1) is 0 Å². The molecule has 32 heavy (non-hydrogen) atoms. The van der Waals surface area contributed by atoms with E-state index in [0.29, 0.717) is 26.2 Å². The van der Waals surface area contributed by atoms with E-state index in [-0.39, 0.29) is 23.7 Å². The van der Waals surface area contributed by atoms with Gasteiger partial charge in [0.25, 0.3) is 0 Å². The third kappa shape index (κ3) is 5.50. The average Bonchev–Trinajstić information content (AvgIpc) is 3.00. The van der Waals surface area contributed by atoms with Crippen LogP contribution in [0.3, 0.4) is 0 Å². The summed E-state index contributed by atoms with van der Waals surface area (Å²) in [5.41, 5.74) is 4.08. The van der Waals surface area contributed by atoms with Crippen molar-refractivity contribution >= 4 is 17.5 Å². The zero-order valence-corrected chi connectivity index (χ0v) is 20.1. The number of anilines is 1. The van der Waals surface area contributed by atoms with E-state index in [1.54, 1.807) is 0 Å². The molecule has 5 heteroatoms. The normalized spacial score (nSPS) is 13.5. The maximum atomic E-state index is 13.0. The predicted molar refractivity (Wildman–Crippen MR) is 129 cm³/mol. The van der Waals surface area contributed by atoms with Gasteiger partial charge in [-0.25, -0.2) is 0 Å². The van der Waals surface area contributed by atoms with Gasteiger partial charge in [0.2, 0.25) is 11.8 Å². The Balaban J connectivity index is 1.87. The van der Waals surface area contributed by atoms with Crippen LogP contribution >= 0.6 is 0 Å². The van der Waals surface area contributed by atoms with Crippen LogP contribution in [0, 0.1) is 18.8 Å². The van der Waals surface area contributed by atoms with Gasteiger partial charge in [0.15, 0.2) is 0 Å². The van der Waals surface area contributed by atoms with Crippen molar-refractivity contribution in [3.8, 4) is 5.75 Å². The van der Waals surface area contributed by atoms with Crippen molar-refractivity contribution in [1.82, 2.24) is 4.90 Å². The molecule has 0 radical (unpaired) electrons. The van der Waals surface area contributed by atoms with E-state index in [0.717, 1.165) is 41.0 Å². The fourth-order valence-corrected chi connectivity index (χ4v) is 4.15. The summed E-state index contributed by atoms with van der Waals surface area (Å²) >= 11 is 0. The predicted octanol–water partition coefficient (Wildman–Crippen LogP) is 5.34. The van der Waals surface area contributed by atoms with Crippen LogP contribution in [0.5, 0.6) is 5.75 Å². The molecular weight excluding hydrogens is 400 g/mol. The Labute approximate surface area is 192 Å². The van der Waals surface area contributed by atoms with E-state index in [1.807, 2.05) is 67.0 Å². The van der Waals surface area contributed by atoms with Crippen LogP contribution in [0.25, 0.3) is 0 Å². The van der Waals surface area contributed by atoms with Crippen LogP contribution in [0.4, 0.5) is 5.69 Å². The maximum absolute atomic E-state index is 13.0. The average molecular weight is 437 g/mol. The number of hydrogen-bond acceptors (Lipinski definition) is 3. The molecule has 0 aliphatic carbocycles. The summed E-state index contributed by atoms with van der Waals surface area (Å²) in [7, 11) is 0. The number of fused-ring (bicyclic) bond motifs is 1. The van der Waals surface area contributed by atoms with Crippen molar-refractivity contribution in [2.75, 3.05) is 18.1 Å². The van der Waals surface area contributed by atoms with Gasteiger partial charge in [-0.1, -0.05) is 51.5 Å². The van der Waals surface area contributed by atoms with Crippen molar-refractivity contribution in [1.29, 1.82) is 0 Å². The first kappa shape index (κ1) is 23.8. The summed E-state index contributed by atoms with van der Waals surface area (Å²) in [6.45, 7) is 12.1. The molecule has 0 fully saturated rings. The second-order valence-corrected chi connectivity index (χ2v) is 8.98. The second kappa shape index (κ2) is 10.7. The summed E-state index contributed by atoms with van der Waals surface area (Å²) < 4.78 is 5.94. The second-order valence-electron chi connectivity index (χ2n) is 8.98. The molecule has 1 aliphatic heterocycles. The molecule has 1 aliphatic rings. The Hall–Kier alpha value is -2.82.